The second-order valence-electron chi connectivity index (χ2n) is 8.09. The van der Waals surface area contributed by atoms with Crippen molar-refractivity contribution in [2.45, 2.75) is 25.8 Å². The number of likely N-dealkylation sites (N-methyl/N-ethyl adjacent to an activating group) is 1. The van der Waals surface area contributed by atoms with Gasteiger partial charge in [0.1, 0.15) is 5.82 Å². The number of urea groups is 1. The monoisotopic (exact) mass is 449 g/mol. The number of aromatic nitrogens is 2. The first-order valence-corrected chi connectivity index (χ1v) is 11.3. The number of nitrogens with one attached hydrogen (secondary N) is 4. The maximum Gasteiger partial charge on any atom is 0.320 e. The van der Waals surface area contributed by atoms with Crippen molar-refractivity contribution < 1.29 is 4.79 Å². The van der Waals surface area contributed by atoms with E-state index in [1.165, 1.54) is 16.0 Å². The molecule has 2 amide bonds. The molecule has 0 unspecified atom stereocenters. The SMILES string of the molecule is Cc1cc(Nc2cnc(NC(=O)N[C@@H]3CN(C)C[C@H]3c3ccc(C)s3)cc2C=N)ccn1. The van der Waals surface area contributed by atoms with Gasteiger partial charge < -0.3 is 20.9 Å². The molecular weight excluding hydrogens is 422 g/mol. The number of hydrogen-bond donors (Lipinski definition) is 4. The van der Waals surface area contributed by atoms with Crippen LogP contribution in [0.1, 0.15) is 26.9 Å². The molecule has 0 spiro atoms. The fourth-order valence-electron chi connectivity index (χ4n) is 3.95. The number of carbonyl (C=O) groups excluding carboxylic acids is 1. The average molecular weight is 450 g/mol. The molecule has 166 valence electrons. The molecule has 3 aromatic rings. The van der Waals surface area contributed by atoms with Crippen molar-refractivity contribution in [3.63, 3.8) is 0 Å². The van der Waals surface area contributed by atoms with Gasteiger partial charge in [0, 0.05) is 58.1 Å². The maximum atomic E-state index is 12.7. The zero-order valence-corrected chi connectivity index (χ0v) is 19.2. The van der Waals surface area contributed by atoms with Crippen LogP contribution in [0.4, 0.5) is 22.0 Å². The molecule has 1 aliphatic rings. The van der Waals surface area contributed by atoms with Crippen LogP contribution in [0.25, 0.3) is 0 Å². The molecule has 0 saturated carbocycles. The molecule has 0 bridgehead atoms. The number of likely N-dealkylation sites (tertiary alicyclic amines) is 1. The molecule has 8 nitrogen and oxygen atoms in total. The second kappa shape index (κ2) is 9.46. The molecule has 32 heavy (non-hydrogen) atoms. The van der Waals surface area contributed by atoms with Gasteiger partial charge in [0.2, 0.25) is 0 Å². The quantitative estimate of drug-likeness (QED) is 0.424. The third-order valence-electron chi connectivity index (χ3n) is 5.45. The standard InChI is InChI=1S/C23H27N7OS/c1-14-8-17(6-7-25-14)27-19-11-26-22(9-16(19)10-24)29-23(31)28-20-13-30(3)12-18(20)21-5-4-15(2)32-21/h4-11,18,20,24H,12-13H2,1-3H3,(H,25,27)(H2,26,28,29,31)/t18-,20-/m1/s1. The van der Waals surface area contributed by atoms with Crippen molar-refractivity contribution in [1.82, 2.24) is 20.2 Å². The third-order valence-corrected chi connectivity index (χ3v) is 6.59. The van der Waals surface area contributed by atoms with Crippen molar-refractivity contribution >= 4 is 40.8 Å². The maximum absolute atomic E-state index is 12.7. The fraction of sp³-hybridized carbons (Fsp3) is 0.304. The zero-order valence-electron chi connectivity index (χ0n) is 18.3. The highest BCUT2D eigenvalue weighted by molar-refractivity contribution is 7.12. The third kappa shape index (κ3) is 5.12. The van der Waals surface area contributed by atoms with E-state index < -0.39 is 0 Å². The molecule has 1 saturated heterocycles. The highest BCUT2D eigenvalue weighted by Crippen LogP contribution is 2.32. The Balaban J connectivity index is 1.43. The second-order valence-corrected chi connectivity index (χ2v) is 9.41. The van der Waals surface area contributed by atoms with E-state index in [2.05, 4.69) is 56.9 Å². The number of carbonyl (C=O) groups is 1. The Morgan fingerprint density at radius 3 is 2.78 bits per heavy atom. The van der Waals surface area contributed by atoms with Gasteiger partial charge in [-0.05, 0) is 51.2 Å². The first-order valence-electron chi connectivity index (χ1n) is 10.4. The van der Waals surface area contributed by atoms with Crippen LogP contribution in [-0.2, 0) is 0 Å². The van der Waals surface area contributed by atoms with Crippen molar-refractivity contribution in [3.05, 3.63) is 63.7 Å². The van der Waals surface area contributed by atoms with E-state index in [-0.39, 0.29) is 18.0 Å². The van der Waals surface area contributed by atoms with Crippen molar-refractivity contribution in [1.29, 1.82) is 5.41 Å². The van der Waals surface area contributed by atoms with E-state index in [1.54, 1.807) is 29.8 Å². The average Bonchev–Trinajstić information content (AvgIpc) is 3.34. The highest BCUT2D eigenvalue weighted by atomic mass is 32.1. The summed E-state index contributed by atoms with van der Waals surface area (Å²) in [6.07, 6.45) is 4.58. The molecule has 0 aromatic carbocycles. The summed E-state index contributed by atoms with van der Waals surface area (Å²) in [5, 5.41) is 16.9. The summed E-state index contributed by atoms with van der Waals surface area (Å²) in [6.45, 7) is 5.72. The summed E-state index contributed by atoms with van der Waals surface area (Å²) in [7, 11) is 2.07. The summed E-state index contributed by atoms with van der Waals surface area (Å²) in [5.74, 6) is 0.664. The van der Waals surface area contributed by atoms with Gasteiger partial charge in [0.05, 0.1) is 17.9 Å². The first-order chi connectivity index (χ1) is 15.4. The van der Waals surface area contributed by atoms with Gasteiger partial charge in [0.25, 0.3) is 0 Å². The summed E-state index contributed by atoms with van der Waals surface area (Å²) in [4.78, 5) is 26.1. The number of anilines is 3. The Hall–Kier alpha value is -3.30. The molecule has 3 aromatic heterocycles. The molecule has 0 radical (unpaired) electrons. The van der Waals surface area contributed by atoms with Crippen LogP contribution in [0.15, 0.2) is 42.7 Å². The predicted octanol–water partition coefficient (Wildman–Crippen LogP) is 4.12. The molecule has 0 aliphatic carbocycles. The Morgan fingerprint density at radius 2 is 2.06 bits per heavy atom. The van der Waals surface area contributed by atoms with E-state index in [4.69, 9.17) is 5.41 Å². The number of rotatable bonds is 6. The van der Waals surface area contributed by atoms with E-state index in [0.29, 0.717) is 17.1 Å². The highest BCUT2D eigenvalue weighted by Gasteiger charge is 2.34. The molecule has 1 aliphatic heterocycles. The summed E-state index contributed by atoms with van der Waals surface area (Å²) in [5.41, 5.74) is 3.06. The number of pyridine rings is 2. The van der Waals surface area contributed by atoms with E-state index in [9.17, 15) is 4.79 Å². The predicted molar refractivity (Wildman–Crippen MR) is 130 cm³/mol. The Kier molecular flexibility index (Phi) is 6.48. The van der Waals surface area contributed by atoms with Gasteiger partial charge in [-0.25, -0.2) is 9.78 Å². The minimum absolute atomic E-state index is 0.0242. The molecule has 4 N–H and O–H groups in total. The van der Waals surface area contributed by atoms with Crippen molar-refractivity contribution in [2.75, 3.05) is 30.8 Å². The fourth-order valence-corrected chi connectivity index (χ4v) is 4.98. The summed E-state index contributed by atoms with van der Waals surface area (Å²) < 4.78 is 0. The van der Waals surface area contributed by atoms with Gasteiger partial charge in [-0.3, -0.25) is 10.3 Å². The van der Waals surface area contributed by atoms with Gasteiger partial charge in [-0.1, -0.05) is 0 Å². The number of thiophene rings is 1. The van der Waals surface area contributed by atoms with Crippen LogP contribution in [0.3, 0.4) is 0 Å². The molecule has 2 atom stereocenters. The van der Waals surface area contributed by atoms with Crippen LogP contribution < -0.4 is 16.0 Å². The molecule has 1 fully saturated rings. The molecular formula is C23H27N7OS. The summed E-state index contributed by atoms with van der Waals surface area (Å²) in [6, 6.07) is 9.46. The normalized spacial score (nSPS) is 18.3. The molecule has 4 rings (SSSR count). The van der Waals surface area contributed by atoms with Gasteiger partial charge in [0.15, 0.2) is 0 Å². The van der Waals surface area contributed by atoms with Gasteiger partial charge >= 0.3 is 6.03 Å². The molecule has 9 heteroatoms. The topological polar surface area (TPSA) is 106 Å². The number of aryl methyl sites for hydroxylation is 2. The van der Waals surface area contributed by atoms with Crippen LogP contribution in [0.2, 0.25) is 0 Å². The van der Waals surface area contributed by atoms with Crippen LogP contribution >= 0.6 is 11.3 Å². The van der Waals surface area contributed by atoms with Gasteiger partial charge in [-0.15, -0.1) is 11.3 Å². The number of nitrogens with zero attached hydrogens (tertiary/aromatic N) is 3. The van der Waals surface area contributed by atoms with Crippen molar-refractivity contribution in [2.24, 2.45) is 0 Å². The van der Waals surface area contributed by atoms with Crippen LogP contribution in [0.5, 0.6) is 0 Å². The Labute approximate surface area is 191 Å². The molecule has 4 heterocycles. The number of amides is 2. The summed E-state index contributed by atoms with van der Waals surface area (Å²) >= 11 is 1.78. The van der Waals surface area contributed by atoms with Crippen LogP contribution in [-0.4, -0.2) is 53.3 Å². The smallest absolute Gasteiger partial charge is 0.320 e. The zero-order chi connectivity index (χ0) is 22.7. The van der Waals surface area contributed by atoms with Crippen molar-refractivity contribution in [3.8, 4) is 0 Å². The lowest BCUT2D eigenvalue weighted by Gasteiger charge is -2.19. The lowest BCUT2D eigenvalue weighted by Crippen LogP contribution is -2.42. The van der Waals surface area contributed by atoms with E-state index in [1.807, 2.05) is 19.1 Å². The largest absolute Gasteiger partial charge is 0.354 e. The van der Waals surface area contributed by atoms with Gasteiger partial charge in [-0.2, -0.15) is 0 Å². The number of hydrogen-bond acceptors (Lipinski definition) is 7. The minimum Gasteiger partial charge on any atom is -0.354 e. The first kappa shape index (κ1) is 21.9. The Bertz CT molecular complexity index is 1130. The van der Waals surface area contributed by atoms with Crippen LogP contribution in [0, 0.1) is 19.3 Å². The lowest BCUT2D eigenvalue weighted by atomic mass is 10.0. The lowest BCUT2D eigenvalue weighted by molar-refractivity contribution is 0.247. The van der Waals surface area contributed by atoms with E-state index >= 15 is 0 Å². The Morgan fingerprint density at radius 1 is 1.22 bits per heavy atom. The van der Waals surface area contributed by atoms with E-state index in [0.717, 1.165) is 24.5 Å². The minimum atomic E-state index is -0.294.